The van der Waals surface area contributed by atoms with Crippen molar-refractivity contribution in [1.29, 1.82) is 0 Å². The van der Waals surface area contributed by atoms with Crippen LogP contribution in [0.3, 0.4) is 0 Å². The van der Waals surface area contributed by atoms with Crippen LogP contribution in [0.5, 0.6) is 0 Å². The molecule has 0 aliphatic carbocycles. The Hall–Kier alpha value is -3.65. The van der Waals surface area contributed by atoms with Crippen LogP contribution in [0.4, 0.5) is 24.5 Å². The number of halogens is 3. The first-order chi connectivity index (χ1) is 17.7. The number of amides is 1. The largest absolute Gasteiger partial charge is 0.416 e. The number of anilines is 2. The number of nitrogens with one attached hydrogen (secondary N) is 1. The number of carbonyl (C=O) groups is 1. The van der Waals surface area contributed by atoms with Crippen molar-refractivity contribution in [2.45, 2.75) is 38.5 Å². The molecule has 0 saturated carbocycles. The van der Waals surface area contributed by atoms with E-state index in [1.54, 1.807) is 12.3 Å². The van der Waals surface area contributed by atoms with Gasteiger partial charge >= 0.3 is 6.18 Å². The minimum atomic E-state index is -4.38. The molecule has 8 heteroatoms. The van der Waals surface area contributed by atoms with Gasteiger partial charge in [-0.05, 0) is 93.5 Å². The number of nitrogens with zero attached hydrogens (tertiary/aromatic N) is 3. The van der Waals surface area contributed by atoms with Gasteiger partial charge in [-0.3, -0.25) is 9.78 Å². The van der Waals surface area contributed by atoms with E-state index in [1.807, 2.05) is 48.2 Å². The van der Waals surface area contributed by atoms with E-state index in [0.717, 1.165) is 60.7 Å². The molecular weight excluding hydrogens is 477 g/mol. The number of likely N-dealkylation sites (tertiary alicyclic amines) is 1. The summed E-state index contributed by atoms with van der Waals surface area (Å²) in [7, 11) is 2.07. The summed E-state index contributed by atoms with van der Waals surface area (Å²) in [5.74, 6) is -0.149. The van der Waals surface area contributed by atoms with Crippen molar-refractivity contribution in [2.24, 2.45) is 0 Å². The highest BCUT2D eigenvalue weighted by Gasteiger charge is 2.30. The van der Waals surface area contributed by atoms with Gasteiger partial charge in [-0.25, -0.2) is 0 Å². The standard InChI is InChI=1S/C29H31F3N4O/c1-21-19-26(13-16-33-21)34-25-10-5-23(6-11-25)20-36(27-14-17-35(2)18-15-27)28(37)12-7-22-3-8-24(9-4-22)29(30,31)32/h3-13,16,19,27H,14-15,17-18,20H2,1-2H3,(H,33,34). The number of hydrogen-bond acceptors (Lipinski definition) is 4. The molecule has 1 aliphatic heterocycles. The molecule has 2 heterocycles. The number of pyridine rings is 1. The van der Waals surface area contributed by atoms with Crippen molar-refractivity contribution >= 4 is 23.4 Å². The minimum Gasteiger partial charge on any atom is -0.355 e. The fourth-order valence-corrected chi connectivity index (χ4v) is 4.42. The molecule has 0 spiro atoms. The first-order valence-electron chi connectivity index (χ1n) is 12.3. The van der Waals surface area contributed by atoms with Gasteiger partial charge < -0.3 is 15.1 Å². The molecule has 2 aromatic carbocycles. The van der Waals surface area contributed by atoms with Gasteiger partial charge in [0.2, 0.25) is 5.91 Å². The molecule has 0 unspecified atom stereocenters. The van der Waals surface area contributed by atoms with Crippen molar-refractivity contribution in [2.75, 3.05) is 25.5 Å². The lowest BCUT2D eigenvalue weighted by molar-refractivity contribution is -0.137. The Balaban J connectivity index is 1.47. The Morgan fingerprint density at radius 2 is 1.73 bits per heavy atom. The second kappa shape index (κ2) is 11.6. The summed E-state index contributed by atoms with van der Waals surface area (Å²) in [6.07, 6.45) is 2.16. The zero-order valence-electron chi connectivity index (χ0n) is 21.0. The van der Waals surface area contributed by atoms with E-state index in [2.05, 4.69) is 22.2 Å². The Bertz CT molecular complexity index is 1220. The van der Waals surface area contributed by atoms with Crippen LogP contribution in [-0.4, -0.2) is 46.9 Å². The third kappa shape index (κ3) is 7.43. The van der Waals surface area contributed by atoms with Crippen LogP contribution in [0.1, 0.15) is 35.2 Å². The van der Waals surface area contributed by atoms with Crippen LogP contribution in [-0.2, 0) is 17.5 Å². The van der Waals surface area contributed by atoms with Crippen molar-refractivity contribution in [3.8, 4) is 0 Å². The Kier molecular flexibility index (Phi) is 8.28. The minimum absolute atomic E-state index is 0.0959. The Morgan fingerprint density at radius 3 is 2.35 bits per heavy atom. The maximum absolute atomic E-state index is 13.3. The number of benzene rings is 2. The maximum Gasteiger partial charge on any atom is 0.416 e. The number of aromatic nitrogens is 1. The molecule has 1 fully saturated rings. The predicted octanol–water partition coefficient (Wildman–Crippen LogP) is 6.29. The normalized spacial score (nSPS) is 15.2. The summed E-state index contributed by atoms with van der Waals surface area (Å²) in [5, 5.41) is 3.36. The highest BCUT2D eigenvalue weighted by atomic mass is 19.4. The lowest BCUT2D eigenvalue weighted by Crippen LogP contribution is -2.45. The fourth-order valence-electron chi connectivity index (χ4n) is 4.42. The molecule has 5 nitrogen and oxygen atoms in total. The maximum atomic E-state index is 13.3. The molecule has 1 N–H and O–H groups in total. The molecule has 0 bridgehead atoms. The van der Waals surface area contributed by atoms with Gasteiger partial charge in [0.05, 0.1) is 5.56 Å². The number of carbonyl (C=O) groups excluding carboxylic acids is 1. The topological polar surface area (TPSA) is 48.5 Å². The predicted molar refractivity (Wildman–Crippen MR) is 140 cm³/mol. The summed E-state index contributed by atoms with van der Waals surface area (Å²) in [5.41, 5.74) is 3.67. The molecular formula is C29H31F3N4O. The second-order valence-electron chi connectivity index (χ2n) is 9.46. The quantitative estimate of drug-likeness (QED) is 0.381. The summed E-state index contributed by atoms with van der Waals surface area (Å²) >= 11 is 0. The highest BCUT2D eigenvalue weighted by molar-refractivity contribution is 5.92. The van der Waals surface area contributed by atoms with Crippen molar-refractivity contribution in [3.05, 3.63) is 95.3 Å². The summed E-state index contributed by atoms with van der Waals surface area (Å²) in [6.45, 7) is 4.21. The van der Waals surface area contributed by atoms with E-state index >= 15 is 0 Å². The molecule has 194 valence electrons. The molecule has 1 amide bonds. The molecule has 0 atom stereocenters. The molecule has 1 saturated heterocycles. The van der Waals surface area contributed by atoms with E-state index < -0.39 is 11.7 Å². The van der Waals surface area contributed by atoms with Gasteiger partial charge in [-0.2, -0.15) is 13.2 Å². The smallest absolute Gasteiger partial charge is 0.355 e. The van der Waals surface area contributed by atoms with Gasteiger partial charge in [0.15, 0.2) is 0 Å². The summed E-state index contributed by atoms with van der Waals surface area (Å²) < 4.78 is 38.5. The first-order valence-corrected chi connectivity index (χ1v) is 12.3. The van der Waals surface area contributed by atoms with Crippen molar-refractivity contribution in [1.82, 2.24) is 14.8 Å². The summed E-state index contributed by atoms with van der Waals surface area (Å²) in [4.78, 5) is 21.6. The van der Waals surface area contributed by atoms with Crippen molar-refractivity contribution in [3.63, 3.8) is 0 Å². The van der Waals surface area contributed by atoms with Gasteiger partial charge in [0.1, 0.15) is 0 Å². The van der Waals surface area contributed by atoms with Gasteiger partial charge in [-0.1, -0.05) is 24.3 Å². The van der Waals surface area contributed by atoms with Crippen LogP contribution in [0, 0.1) is 6.92 Å². The van der Waals surface area contributed by atoms with E-state index in [1.165, 1.54) is 18.2 Å². The SMILES string of the molecule is Cc1cc(Nc2ccc(CN(C(=O)C=Cc3ccc(C(F)(F)F)cc3)C3CCN(C)CC3)cc2)ccn1. The van der Waals surface area contributed by atoms with Gasteiger partial charge in [0.25, 0.3) is 0 Å². The second-order valence-corrected chi connectivity index (χ2v) is 9.46. The Labute approximate surface area is 215 Å². The third-order valence-electron chi connectivity index (χ3n) is 6.56. The molecule has 37 heavy (non-hydrogen) atoms. The average Bonchev–Trinajstić information content (AvgIpc) is 2.87. The van der Waals surface area contributed by atoms with Crippen LogP contribution in [0.15, 0.2) is 72.9 Å². The van der Waals surface area contributed by atoms with Crippen LogP contribution >= 0.6 is 0 Å². The molecule has 1 aliphatic rings. The third-order valence-corrected chi connectivity index (χ3v) is 6.56. The molecule has 1 aromatic heterocycles. The molecule has 4 rings (SSSR count). The van der Waals surface area contributed by atoms with E-state index in [-0.39, 0.29) is 11.9 Å². The zero-order chi connectivity index (χ0) is 26.4. The fraction of sp³-hybridized carbons (Fsp3) is 0.310. The van der Waals surface area contributed by atoms with Gasteiger partial charge in [-0.15, -0.1) is 0 Å². The monoisotopic (exact) mass is 508 g/mol. The number of rotatable bonds is 7. The zero-order valence-corrected chi connectivity index (χ0v) is 21.0. The van der Waals surface area contributed by atoms with Crippen LogP contribution < -0.4 is 5.32 Å². The summed E-state index contributed by atoms with van der Waals surface area (Å²) in [6, 6.07) is 16.8. The van der Waals surface area contributed by atoms with E-state index in [9.17, 15) is 18.0 Å². The lowest BCUT2D eigenvalue weighted by atomic mass is 10.0. The van der Waals surface area contributed by atoms with Crippen LogP contribution in [0.2, 0.25) is 0 Å². The number of aryl methyl sites for hydroxylation is 1. The first kappa shape index (κ1) is 26.4. The average molecular weight is 509 g/mol. The lowest BCUT2D eigenvalue weighted by Gasteiger charge is -2.37. The molecule has 3 aromatic rings. The van der Waals surface area contributed by atoms with E-state index in [4.69, 9.17) is 0 Å². The number of hydrogen-bond donors (Lipinski definition) is 1. The van der Waals surface area contributed by atoms with E-state index in [0.29, 0.717) is 12.1 Å². The van der Waals surface area contributed by atoms with Crippen molar-refractivity contribution < 1.29 is 18.0 Å². The number of alkyl halides is 3. The number of piperidine rings is 1. The highest BCUT2D eigenvalue weighted by Crippen LogP contribution is 2.29. The van der Waals surface area contributed by atoms with Gasteiger partial charge in [0, 0.05) is 41.9 Å². The van der Waals surface area contributed by atoms with Crippen LogP contribution in [0.25, 0.3) is 6.08 Å². The Morgan fingerprint density at radius 1 is 1.05 bits per heavy atom. The molecule has 0 radical (unpaired) electrons.